The number of pyridine rings is 3. The number of fused-ring (bicyclic) bond motifs is 3. The molecule has 0 aliphatic rings. The zero-order valence-electron chi connectivity index (χ0n) is 48.7. The van der Waals surface area contributed by atoms with Crippen LogP contribution in [0.3, 0.4) is 0 Å². The van der Waals surface area contributed by atoms with Crippen molar-refractivity contribution in [1.82, 2.24) is 59.8 Å². The fourth-order valence-corrected chi connectivity index (χ4v) is 12.3. The van der Waals surface area contributed by atoms with Gasteiger partial charge in [0.15, 0.2) is 46.5 Å². The van der Waals surface area contributed by atoms with Gasteiger partial charge in [0.25, 0.3) is 0 Å². The molecule has 21 nitrogen and oxygen atoms in total. The first kappa shape index (κ1) is 60.3. The number of aromatic nitrogens is 12. The molecule has 3 N–H and O–H groups in total. The molecular weight excluding hydrogens is 1160 g/mol. The van der Waals surface area contributed by atoms with E-state index in [2.05, 4.69) is 44.9 Å². The molecule has 0 saturated heterocycles. The van der Waals surface area contributed by atoms with Crippen LogP contribution >= 0.6 is 0 Å². The minimum Gasteiger partial charge on any atom is -0.481 e. The van der Waals surface area contributed by atoms with Gasteiger partial charge in [-0.1, -0.05) is 36.4 Å². The fraction of sp³-hybridized carbons (Fsp3) is 0.190. The lowest BCUT2D eigenvalue weighted by Gasteiger charge is -2.09. The van der Waals surface area contributed by atoms with E-state index in [4.69, 9.17) is 29.2 Å². The average Bonchev–Trinajstić information content (AvgIpc) is 1.65. The smallest absolute Gasteiger partial charge is 0.221 e. The van der Waals surface area contributed by atoms with Crippen LogP contribution in [0.15, 0.2) is 180 Å². The highest BCUT2D eigenvalue weighted by Crippen LogP contribution is 2.35. The maximum absolute atomic E-state index is 12.3. The van der Waals surface area contributed by atoms with E-state index in [1.54, 1.807) is 179 Å². The number of sulfone groups is 3. The van der Waals surface area contributed by atoms with Gasteiger partial charge in [-0.15, -0.1) is 0 Å². The Morgan fingerprint density at radius 1 is 0.379 bits per heavy atom. The maximum atomic E-state index is 12.3. The van der Waals surface area contributed by atoms with Crippen molar-refractivity contribution in [3.63, 3.8) is 0 Å². The third kappa shape index (κ3) is 12.5. The van der Waals surface area contributed by atoms with Gasteiger partial charge in [-0.05, 0) is 108 Å². The van der Waals surface area contributed by atoms with Gasteiger partial charge in [0.05, 0.1) is 87.4 Å². The fourth-order valence-electron chi connectivity index (χ4n) is 9.11. The van der Waals surface area contributed by atoms with E-state index in [1.165, 1.54) is 0 Å². The van der Waals surface area contributed by atoms with Gasteiger partial charge in [0.2, 0.25) is 17.6 Å². The van der Waals surface area contributed by atoms with Gasteiger partial charge in [-0.25, -0.2) is 70.1 Å². The molecule has 0 fully saturated rings. The zero-order valence-corrected chi connectivity index (χ0v) is 51.2. The molecule has 3 aromatic carbocycles. The van der Waals surface area contributed by atoms with E-state index in [1.807, 2.05) is 48.9 Å². The molecule has 12 aromatic rings. The molecule has 9 heterocycles. The molecule has 24 heteroatoms. The van der Waals surface area contributed by atoms with E-state index in [0.29, 0.717) is 77.4 Å². The van der Waals surface area contributed by atoms with Gasteiger partial charge in [-0.3, -0.25) is 0 Å². The molecule has 12 rings (SSSR count). The second-order valence-corrected chi connectivity index (χ2v) is 28.1. The van der Waals surface area contributed by atoms with Crippen molar-refractivity contribution in [1.29, 1.82) is 0 Å². The number of nitrogens with one attached hydrogen (secondary N) is 3. The Hall–Kier alpha value is -9.78. The largest absolute Gasteiger partial charge is 0.481 e. The summed E-state index contributed by atoms with van der Waals surface area (Å²) in [6.07, 6.45) is 15.6. The first-order valence-electron chi connectivity index (χ1n) is 27.3. The topological polar surface area (TPSA) is 293 Å². The van der Waals surface area contributed by atoms with Crippen LogP contribution < -0.4 is 14.2 Å². The number of nitrogens with zero attached hydrogens (tertiary/aromatic N) is 9. The number of hydrogen-bond donors (Lipinski definition) is 3. The minimum absolute atomic E-state index is 0. The Morgan fingerprint density at radius 2 is 0.782 bits per heavy atom. The molecule has 0 radical (unpaired) electrons. The van der Waals surface area contributed by atoms with Crippen molar-refractivity contribution in [2.24, 2.45) is 0 Å². The quantitative estimate of drug-likeness (QED) is 0.0859. The molecule has 9 aromatic heterocycles. The number of ether oxygens (including phenoxy) is 3. The van der Waals surface area contributed by atoms with Crippen molar-refractivity contribution < 1.29 is 43.7 Å². The van der Waals surface area contributed by atoms with Crippen LogP contribution in [0.5, 0.6) is 17.6 Å². The Bertz CT molecular complexity index is 4800. The summed E-state index contributed by atoms with van der Waals surface area (Å²) in [5.41, 5.74) is 13.6. The van der Waals surface area contributed by atoms with Crippen LogP contribution in [0, 0.1) is 0 Å². The summed E-state index contributed by atoms with van der Waals surface area (Å²) < 4.78 is 89.6. The normalized spacial score (nSPS) is 11.9. The van der Waals surface area contributed by atoms with Gasteiger partial charge < -0.3 is 29.2 Å². The van der Waals surface area contributed by atoms with Crippen LogP contribution in [0.2, 0.25) is 0 Å². The van der Waals surface area contributed by atoms with Gasteiger partial charge in [-0.2, -0.15) is 0 Å². The van der Waals surface area contributed by atoms with Crippen molar-refractivity contribution in [3.05, 3.63) is 165 Å². The standard InChI is InChI=1S/3C21H20N4O3S.3H2/c1-13(2)29(26,27)16-7-4-14(5-8-16)18-12-24-21-20(25-18)17(11-23-21)15-6-9-19(28-3)22-10-15;1-13(2)29(26,27)16-6-4-14(5-7-16)18-12-24-21-20(25-18)17(11-23-21)15-8-9-22-19(10-15)28-3;1-13(2)29(26,27)15-8-6-14(7-9-15)18-12-24-20-19(25-18)17(11-23-20)16-5-4-10-22-21(16)28-3;;;/h3*4-13H,1-3H3,(H,23,24);3*1H. The second kappa shape index (κ2) is 25.0. The number of rotatable bonds is 15. The third-order valence-electron chi connectivity index (χ3n) is 14.2. The molecule has 0 aliphatic carbocycles. The van der Waals surface area contributed by atoms with Crippen molar-refractivity contribution >= 4 is 63.0 Å². The maximum Gasteiger partial charge on any atom is 0.221 e. The first-order valence-corrected chi connectivity index (χ1v) is 31.9. The van der Waals surface area contributed by atoms with E-state index in [0.717, 1.165) is 55.6 Å². The summed E-state index contributed by atoms with van der Waals surface area (Å²) in [5, 5.41) is -1.41. The van der Waals surface area contributed by atoms with Crippen molar-refractivity contribution in [3.8, 4) is 84.8 Å². The van der Waals surface area contributed by atoms with E-state index >= 15 is 0 Å². The monoisotopic (exact) mass is 1230 g/mol. The lowest BCUT2D eigenvalue weighted by molar-refractivity contribution is 0.398. The number of aromatic amines is 3. The first-order chi connectivity index (χ1) is 41.7. The highest BCUT2D eigenvalue weighted by Gasteiger charge is 2.23. The summed E-state index contributed by atoms with van der Waals surface area (Å²) in [6.45, 7) is 10.0. The Kier molecular flexibility index (Phi) is 17.4. The molecule has 0 unspecified atom stereocenters. The van der Waals surface area contributed by atoms with Crippen LogP contribution in [0.1, 0.15) is 45.8 Å². The molecule has 0 atom stereocenters. The van der Waals surface area contributed by atoms with Gasteiger partial charge in [0, 0.05) is 98.1 Å². The van der Waals surface area contributed by atoms with E-state index in [-0.39, 0.29) is 4.28 Å². The van der Waals surface area contributed by atoms with E-state index in [9.17, 15) is 25.3 Å². The SMILES string of the molecule is COc1cc(-c2c[nH]c3ncc(-c4ccc(S(=O)(=O)C(C)C)cc4)nc23)ccn1.COc1ccc(-c2c[nH]c3ncc(-c4ccc(S(=O)(=O)C(C)C)cc4)nc23)cn1.COc1ncccc1-c1c[nH]c2ncc(-c3ccc(S(=O)(=O)C(C)C)cc3)nc12.[HH].[HH].[HH]. The van der Waals surface area contributed by atoms with Crippen LogP contribution in [0.25, 0.3) is 101 Å². The molecular formula is C63H66N12O9S3. The Balaban J connectivity index is 0.000000189. The molecule has 0 aliphatic heterocycles. The summed E-state index contributed by atoms with van der Waals surface area (Å²) in [6, 6.07) is 31.4. The Labute approximate surface area is 507 Å². The minimum atomic E-state index is -3.31. The second-order valence-electron chi connectivity index (χ2n) is 20.6. The van der Waals surface area contributed by atoms with Crippen LogP contribution in [-0.2, 0) is 29.5 Å². The average molecular weight is 1230 g/mol. The molecule has 0 saturated carbocycles. The highest BCUT2D eigenvalue weighted by molar-refractivity contribution is 7.92. The highest BCUT2D eigenvalue weighted by atomic mass is 32.2. The molecule has 0 spiro atoms. The summed E-state index contributed by atoms with van der Waals surface area (Å²) >= 11 is 0. The third-order valence-corrected chi connectivity index (χ3v) is 20.7. The Morgan fingerprint density at radius 3 is 1.17 bits per heavy atom. The molecule has 0 amide bonds. The molecule has 0 bridgehead atoms. The summed E-state index contributed by atoms with van der Waals surface area (Å²) in [4.78, 5) is 50.6. The van der Waals surface area contributed by atoms with Crippen LogP contribution in [-0.4, -0.2) is 122 Å². The number of benzene rings is 3. The predicted octanol–water partition coefficient (Wildman–Crippen LogP) is 12.4. The number of H-pyrrole nitrogens is 3. The predicted molar refractivity (Wildman–Crippen MR) is 341 cm³/mol. The molecule has 450 valence electrons. The zero-order chi connectivity index (χ0) is 61.8. The van der Waals surface area contributed by atoms with Crippen molar-refractivity contribution in [2.45, 2.75) is 72.0 Å². The van der Waals surface area contributed by atoms with Gasteiger partial charge >= 0.3 is 0 Å². The number of methoxy groups -OCH3 is 3. The summed E-state index contributed by atoms with van der Waals surface area (Å²) in [7, 11) is -5.21. The van der Waals surface area contributed by atoms with Crippen molar-refractivity contribution in [2.75, 3.05) is 21.3 Å². The lowest BCUT2D eigenvalue weighted by Crippen LogP contribution is -2.13. The van der Waals surface area contributed by atoms with Gasteiger partial charge in [0.1, 0.15) is 16.6 Å². The van der Waals surface area contributed by atoms with Crippen LogP contribution in [0.4, 0.5) is 0 Å². The molecule has 87 heavy (non-hydrogen) atoms. The van der Waals surface area contributed by atoms with E-state index < -0.39 is 45.3 Å². The number of hydrogen-bond acceptors (Lipinski definition) is 18. The lowest BCUT2D eigenvalue weighted by atomic mass is 10.1. The summed E-state index contributed by atoms with van der Waals surface area (Å²) in [5.74, 6) is 1.56.